The second-order valence-corrected chi connectivity index (χ2v) is 6.75. The minimum atomic E-state index is -2.10. The molecule has 0 aromatic heterocycles. The van der Waals surface area contributed by atoms with Crippen molar-refractivity contribution in [2.75, 3.05) is 13.2 Å². The maximum atomic E-state index is 13.1. The van der Waals surface area contributed by atoms with Gasteiger partial charge in [-0.3, -0.25) is 0 Å². The van der Waals surface area contributed by atoms with Crippen molar-refractivity contribution in [2.24, 2.45) is 4.99 Å². The van der Waals surface area contributed by atoms with Gasteiger partial charge in [0.15, 0.2) is 0 Å². The smallest absolute Gasteiger partial charge is 0.358 e. The summed E-state index contributed by atoms with van der Waals surface area (Å²) in [6.07, 6.45) is 2.34. The van der Waals surface area contributed by atoms with Gasteiger partial charge in [0.2, 0.25) is 0 Å². The SMILES string of the molecule is CCCCC#CC(N=C(c1ccccc1)c1ccccc1)(C(=O)OCC)C(=O)OCC. The van der Waals surface area contributed by atoms with Crippen LogP contribution in [0.25, 0.3) is 0 Å². The van der Waals surface area contributed by atoms with Crippen LogP contribution in [0.5, 0.6) is 0 Å². The standard InChI is InChI=1S/C26H29NO4/c1-4-7-8-15-20-26(24(28)30-5-2,25(29)31-6-3)27-23(21-16-11-9-12-17-21)22-18-13-10-14-19-22/h9-14,16-19H,4-8H2,1-3H3. The van der Waals surface area contributed by atoms with Crippen LogP contribution in [0.1, 0.15) is 51.2 Å². The van der Waals surface area contributed by atoms with Gasteiger partial charge < -0.3 is 9.47 Å². The Morgan fingerprint density at radius 2 is 1.32 bits per heavy atom. The molecule has 0 aliphatic heterocycles. The molecule has 0 spiro atoms. The molecule has 5 heteroatoms. The molecule has 0 aliphatic carbocycles. The number of aliphatic imine (C=N–C) groups is 1. The number of unbranched alkanes of at least 4 members (excludes halogenated alkanes) is 2. The third-order valence-corrected chi connectivity index (χ3v) is 4.44. The number of hydrogen-bond donors (Lipinski definition) is 0. The van der Waals surface area contributed by atoms with Gasteiger partial charge in [0, 0.05) is 17.5 Å². The van der Waals surface area contributed by atoms with Crippen LogP contribution in [0.15, 0.2) is 65.7 Å². The molecular weight excluding hydrogens is 390 g/mol. The highest BCUT2D eigenvalue weighted by atomic mass is 16.6. The summed E-state index contributed by atoms with van der Waals surface area (Å²) in [5.74, 6) is 4.11. The molecule has 0 saturated carbocycles. The van der Waals surface area contributed by atoms with Gasteiger partial charge in [-0.1, -0.05) is 79.9 Å². The van der Waals surface area contributed by atoms with Crippen molar-refractivity contribution in [1.82, 2.24) is 0 Å². The summed E-state index contributed by atoms with van der Waals surface area (Å²) in [6, 6.07) is 18.8. The fourth-order valence-electron chi connectivity index (χ4n) is 2.89. The van der Waals surface area contributed by atoms with Crippen molar-refractivity contribution in [3.8, 4) is 11.8 Å². The fourth-order valence-corrected chi connectivity index (χ4v) is 2.89. The maximum absolute atomic E-state index is 13.1. The predicted molar refractivity (Wildman–Crippen MR) is 122 cm³/mol. The lowest BCUT2D eigenvalue weighted by atomic mass is 9.96. The minimum absolute atomic E-state index is 0.0954. The zero-order chi connectivity index (χ0) is 22.5. The number of benzene rings is 2. The molecule has 0 radical (unpaired) electrons. The molecule has 5 nitrogen and oxygen atoms in total. The highest BCUT2D eigenvalue weighted by molar-refractivity contribution is 6.18. The van der Waals surface area contributed by atoms with Crippen LogP contribution in [-0.4, -0.2) is 36.4 Å². The summed E-state index contributed by atoms with van der Waals surface area (Å²) in [5, 5.41) is 0. The molecule has 0 atom stereocenters. The molecule has 2 aromatic carbocycles. The molecule has 162 valence electrons. The number of hydrogen-bond acceptors (Lipinski definition) is 5. The van der Waals surface area contributed by atoms with E-state index in [0.29, 0.717) is 12.1 Å². The number of ether oxygens (including phenoxy) is 2. The highest BCUT2D eigenvalue weighted by Gasteiger charge is 2.48. The van der Waals surface area contributed by atoms with E-state index in [9.17, 15) is 9.59 Å². The van der Waals surface area contributed by atoms with Crippen molar-refractivity contribution in [3.63, 3.8) is 0 Å². The molecule has 2 aromatic rings. The summed E-state index contributed by atoms with van der Waals surface area (Å²) in [4.78, 5) is 30.9. The first kappa shape index (κ1) is 23.9. The van der Waals surface area contributed by atoms with E-state index in [0.717, 1.165) is 24.0 Å². The average molecular weight is 420 g/mol. The van der Waals surface area contributed by atoms with Crippen molar-refractivity contribution in [1.29, 1.82) is 0 Å². The first-order valence-corrected chi connectivity index (χ1v) is 10.6. The molecule has 2 rings (SSSR count). The van der Waals surface area contributed by atoms with E-state index in [1.54, 1.807) is 13.8 Å². The van der Waals surface area contributed by atoms with Crippen LogP contribution < -0.4 is 0 Å². The number of rotatable bonds is 9. The molecule has 0 fully saturated rings. The minimum Gasteiger partial charge on any atom is -0.463 e. The van der Waals surface area contributed by atoms with Crippen LogP contribution in [0.4, 0.5) is 0 Å². The molecule has 0 amide bonds. The molecule has 0 aliphatic rings. The fraction of sp³-hybridized carbons (Fsp3) is 0.346. The van der Waals surface area contributed by atoms with Crippen molar-refractivity contribution < 1.29 is 19.1 Å². The average Bonchev–Trinajstić information content (AvgIpc) is 2.80. The first-order valence-electron chi connectivity index (χ1n) is 10.6. The van der Waals surface area contributed by atoms with E-state index in [2.05, 4.69) is 16.8 Å². The van der Waals surface area contributed by atoms with Gasteiger partial charge in [0.25, 0.3) is 0 Å². The zero-order valence-electron chi connectivity index (χ0n) is 18.4. The monoisotopic (exact) mass is 419 g/mol. The van der Waals surface area contributed by atoms with Crippen molar-refractivity contribution in [2.45, 2.75) is 45.6 Å². The lowest BCUT2D eigenvalue weighted by Crippen LogP contribution is -2.47. The second kappa shape index (κ2) is 12.3. The topological polar surface area (TPSA) is 65.0 Å². The molecule has 0 N–H and O–H groups in total. The van der Waals surface area contributed by atoms with Crippen LogP contribution in [0.2, 0.25) is 0 Å². The van der Waals surface area contributed by atoms with E-state index in [4.69, 9.17) is 9.47 Å². The molecule has 0 saturated heterocycles. The Labute approximate surface area is 184 Å². The maximum Gasteiger partial charge on any atom is 0.358 e. The van der Waals surface area contributed by atoms with Gasteiger partial charge in [0.05, 0.1) is 18.9 Å². The zero-order valence-corrected chi connectivity index (χ0v) is 18.4. The Morgan fingerprint density at radius 1 is 0.839 bits per heavy atom. The van der Waals surface area contributed by atoms with Crippen molar-refractivity contribution >= 4 is 17.7 Å². The van der Waals surface area contributed by atoms with Gasteiger partial charge in [-0.25, -0.2) is 14.6 Å². The molecule has 31 heavy (non-hydrogen) atoms. The quantitative estimate of drug-likeness (QED) is 0.196. The highest BCUT2D eigenvalue weighted by Crippen LogP contribution is 2.21. The van der Waals surface area contributed by atoms with Crippen molar-refractivity contribution in [3.05, 3.63) is 71.8 Å². The van der Waals surface area contributed by atoms with Gasteiger partial charge in [-0.2, -0.15) is 0 Å². The molecular formula is C26H29NO4. The second-order valence-electron chi connectivity index (χ2n) is 6.75. The third kappa shape index (κ3) is 6.29. The summed E-state index contributed by atoms with van der Waals surface area (Å²) < 4.78 is 10.5. The normalized spacial score (nSPS) is 10.4. The molecule has 0 bridgehead atoms. The number of carbonyl (C=O) groups excluding carboxylic acids is 2. The third-order valence-electron chi connectivity index (χ3n) is 4.44. The Hall–Kier alpha value is -3.39. The Kier molecular flexibility index (Phi) is 9.51. The van der Waals surface area contributed by atoms with Crippen LogP contribution in [0, 0.1) is 11.8 Å². The lowest BCUT2D eigenvalue weighted by Gasteiger charge is -2.22. The van der Waals surface area contributed by atoms with Crippen LogP contribution in [-0.2, 0) is 19.1 Å². The summed E-state index contributed by atoms with van der Waals surface area (Å²) in [5.41, 5.74) is -0.128. The summed E-state index contributed by atoms with van der Waals surface area (Å²) in [7, 11) is 0. The van der Waals surface area contributed by atoms with E-state index in [1.807, 2.05) is 67.6 Å². The van der Waals surface area contributed by atoms with Crippen LogP contribution in [0.3, 0.4) is 0 Å². The number of esters is 2. The number of carbonyl (C=O) groups is 2. The van der Waals surface area contributed by atoms with Crippen LogP contribution >= 0.6 is 0 Å². The Balaban J connectivity index is 2.77. The predicted octanol–water partition coefficient (Wildman–Crippen LogP) is 4.58. The first-order chi connectivity index (χ1) is 15.1. The van der Waals surface area contributed by atoms with E-state index in [1.165, 1.54) is 0 Å². The lowest BCUT2D eigenvalue weighted by molar-refractivity contribution is -0.160. The van der Waals surface area contributed by atoms with Gasteiger partial charge in [-0.15, -0.1) is 0 Å². The van der Waals surface area contributed by atoms with E-state index >= 15 is 0 Å². The van der Waals surface area contributed by atoms with Gasteiger partial charge in [-0.05, 0) is 26.2 Å². The Morgan fingerprint density at radius 3 is 1.74 bits per heavy atom. The van der Waals surface area contributed by atoms with Gasteiger partial charge in [0.1, 0.15) is 0 Å². The van der Waals surface area contributed by atoms with E-state index < -0.39 is 17.5 Å². The Bertz CT molecular complexity index is 880. The van der Waals surface area contributed by atoms with E-state index in [-0.39, 0.29) is 13.2 Å². The molecule has 0 unspecified atom stereocenters. The summed E-state index contributed by atoms with van der Waals surface area (Å²) >= 11 is 0. The largest absolute Gasteiger partial charge is 0.463 e. The summed E-state index contributed by atoms with van der Waals surface area (Å²) in [6.45, 7) is 5.59. The number of nitrogens with zero attached hydrogens (tertiary/aromatic N) is 1. The van der Waals surface area contributed by atoms with Gasteiger partial charge >= 0.3 is 17.5 Å². The molecule has 0 heterocycles.